The van der Waals surface area contributed by atoms with Crippen LogP contribution in [0.25, 0.3) is 0 Å². The molecule has 0 amide bonds. The van der Waals surface area contributed by atoms with Gasteiger partial charge in [-0.15, -0.1) is 24.0 Å². The molecular formula is C18H34IN5. The van der Waals surface area contributed by atoms with Gasteiger partial charge < -0.3 is 10.6 Å². The summed E-state index contributed by atoms with van der Waals surface area (Å²) in [5.41, 5.74) is 3.51. The van der Waals surface area contributed by atoms with Crippen molar-refractivity contribution in [3.63, 3.8) is 0 Å². The van der Waals surface area contributed by atoms with Crippen molar-refractivity contribution >= 4 is 29.9 Å². The lowest BCUT2D eigenvalue weighted by molar-refractivity contribution is 0.304. The molecule has 0 bridgehead atoms. The van der Waals surface area contributed by atoms with Crippen molar-refractivity contribution in [3.05, 3.63) is 17.0 Å². The van der Waals surface area contributed by atoms with E-state index in [9.17, 15) is 0 Å². The molecule has 138 valence electrons. The molecule has 2 rings (SSSR count). The molecule has 0 unspecified atom stereocenters. The zero-order chi connectivity index (χ0) is 16.8. The molecule has 1 aliphatic rings. The topological polar surface area (TPSA) is 54.2 Å². The SMILES string of the molecule is CCNC(=NCc1c(C)nn(C)c1C)NC1CCC(CC)CC1.I. The maximum atomic E-state index is 4.79. The number of nitrogens with one attached hydrogen (secondary N) is 2. The molecule has 0 radical (unpaired) electrons. The van der Waals surface area contributed by atoms with E-state index in [4.69, 9.17) is 4.99 Å². The van der Waals surface area contributed by atoms with Crippen LogP contribution in [0.15, 0.2) is 4.99 Å². The van der Waals surface area contributed by atoms with Gasteiger partial charge in [-0.3, -0.25) is 4.68 Å². The van der Waals surface area contributed by atoms with Gasteiger partial charge in [-0.2, -0.15) is 5.10 Å². The van der Waals surface area contributed by atoms with E-state index in [1.807, 2.05) is 11.7 Å². The summed E-state index contributed by atoms with van der Waals surface area (Å²) in [6.07, 6.45) is 6.52. The third-order valence-electron chi connectivity index (χ3n) is 5.16. The Morgan fingerprint density at radius 2 is 1.88 bits per heavy atom. The second kappa shape index (κ2) is 10.3. The van der Waals surface area contributed by atoms with Crippen LogP contribution in [0.2, 0.25) is 0 Å². The smallest absolute Gasteiger partial charge is 0.191 e. The molecule has 0 atom stereocenters. The fourth-order valence-corrected chi connectivity index (χ4v) is 3.43. The third-order valence-corrected chi connectivity index (χ3v) is 5.16. The number of rotatable bonds is 5. The minimum Gasteiger partial charge on any atom is -0.357 e. The van der Waals surface area contributed by atoms with Gasteiger partial charge in [0.05, 0.1) is 12.2 Å². The lowest BCUT2D eigenvalue weighted by Gasteiger charge is -2.29. The zero-order valence-corrected chi connectivity index (χ0v) is 18.2. The second-order valence-electron chi connectivity index (χ2n) is 6.74. The molecule has 5 nitrogen and oxygen atoms in total. The number of halogens is 1. The van der Waals surface area contributed by atoms with Crippen LogP contribution in [-0.4, -0.2) is 28.3 Å². The number of guanidine groups is 1. The van der Waals surface area contributed by atoms with E-state index in [-0.39, 0.29) is 24.0 Å². The number of nitrogens with zero attached hydrogens (tertiary/aromatic N) is 3. The largest absolute Gasteiger partial charge is 0.357 e. The predicted molar refractivity (Wildman–Crippen MR) is 112 cm³/mol. The number of hydrogen-bond acceptors (Lipinski definition) is 2. The summed E-state index contributed by atoms with van der Waals surface area (Å²) in [5.74, 6) is 1.86. The maximum absolute atomic E-state index is 4.79. The molecule has 1 aliphatic carbocycles. The van der Waals surface area contributed by atoms with Crippen molar-refractivity contribution in [1.82, 2.24) is 20.4 Å². The molecule has 1 fully saturated rings. The molecule has 0 spiro atoms. The highest BCUT2D eigenvalue weighted by Gasteiger charge is 2.20. The highest BCUT2D eigenvalue weighted by molar-refractivity contribution is 14.0. The van der Waals surface area contributed by atoms with E-state index in [2.05, 4.69) is 43.4 Å². The highest BCUT2D eigenvalue weighted by atomic mass is 127. The Balaban J connectivity index is 0.00000288. The van der Waals surface area contributed by atoms with Crippen molar-refractivity contribution < 1.29 is 0 Å². The zero-order valence-electron chi connectivity index (χ0n) is 15.9. The Labute approximate surface area is 164 Å². The number of aryl methyl sites for hydroxylation is 2. The first-order chi connectivity index (χ1) is 11.0. The molecule has 1 aromatic heterocycles. The van der Waals surface area contributed by atoms with Crippen molar-refractivity contribution in [2.45, 2.75) is 72.4 Å². The van der Waals surface area contributed by atoms with Gasteiger partial charge in [0.2, 0.25) is 0 Å². The Morgan fingerprint density at radius 3 is 2.38 bits per heavy atom. The number of hydrogen-bond donors (Lipinski definition) is 2. The summed E-state index contributed by atoms with van der Waals surface area (Å²) < 4.78 is 1.94. The first-order valence-electron chi connectivity index (χ1n) is 9.09. The number of aromatic nitrogens is 2. The molecule has 6 heteroatoms. The van der Waals surface area contributed by atoms with Gasteiger partial charge in [-0.1, -0.05) is 13.3 Å². The molecular weight excluding hydrogens is 413 g/mol. The van der Waals surface area contributed by atoms with E-state index >= 15 is 0 Å². The van der Waals surface area contributed by atoms with Gasteiger partial charge in [0.25, 0.3) is 0 Å². The van der Waals surface area contributed by atoms with E-state index in [0.717, 1.165) is 24.1 Å². The standard InChI is InChI=1S/C18H33N5.HI/c1-6-15-8-10-16(11-9-15)21-18(19-7-2)20-12-17-13(3)22-23(5)14(17)4;/h15-16H,6-12H2,1-5H3,(H2,19,20,21);1H. The molecule has 24 heavy (non-hydrogen) atoms. The van der Waals surface area contributed by atoms with Crippen LogP contribution in [0.3, 0.4) is 0 Å². The second-order valence-corrected chi connectivity index (χ2v) is 6.74. The van der Waals surface area contributed by atoms with E-state index in [0.29, 0.717) is 12.6 Å². The van der Waals surface area contributed by atoms with Crippen molar-refractivity contribution in [1.29, 1.82) is 0 Å². The van der Waals surface area contributed by atoms with Crippen LogP contribution in [0, 0.1) is 19.8 Å². The summed E-state index contributed by atoms with van der Waals surface area (Å²) in [6.45, 7) is 10.2. The highest BCUT2D eigenvalue weighted by Crippen LogP contribution is 2.26. The average molecular weight is 447 g/mol. The van der Waals surface area contributed by atoms with Gasteiger partial charge in [0, 0.05) is 30.9 Å². The van der Waals surface area contributed by atoms with Crippen LogP contribution >= 0.6 is 24.0 Å². The monoisotopic (exact) mass is 447 g/mol. The predicted octanol–water partition coefficient (Wildman–Crippen LogP) is 3.68. The van der Waals surface area contributed by atoms with Gasteiger partial charge >= 0.3 is 0 Å². The Hall–Kier alpha value is -0.790. The maximum Gasteiger partial charge on any atom is 0.191 e. The first-order valence-corrected chi connectivity index (χ1v) is 9.09. The minimum absolute atomic E-state index is 0. The summed E-state index contributed by atoms with van der Waals surface area (Å²) in [5, 5.41) is 11.5. The van der Waals surface area contributed by atoms with Crippen molar-refractivity contribution in [2.24, 2.45) is 18.0 Å². The fraction of sp³-hybridized carbons (Fsp3) is 0.778. The first kappa shape index (κ1) is 21.3. The summed E-state index contributed by atoms with van der Waals surface area (Å²) in [7, 11) is 1.99. The molecule has 1 saturated carbocycles. The molecule has 1 aromatic rings. The van der Waals surface area contributed by atoms with Gasteiger partial charge in [0.1, 0.15) is 0 Å². The Bertz CT molecular complexity index is 530. The van der Waals surface area contributed by atoms with Gasteiger partial charge in [-0.05, 0) is 52.4 Å². The van der Waals surface area contributed by atoms with Crippen LogP contribution < -0.4 is 10.6 Å². The molecule has 0 saturated heterocycles. The summed E-state index contributed by atoms with van der Waals surface area (Å²) >= 11 is 0. The lowest BCUT2D eigenvalue weighted by Crippen LogP contribution is -2.44. The fourth-order valence-electron chi connectivity index (χ4n) is 3.43. The van der Waals surface area contributed by atoms with E-state index < -0.39 is 0 Å². The van der Waals surface area contributed by atoms with E-state index in [1.54, 1.807) is 0 Å². The summed E-state index contributed by atoms with van der Waals surface area (Å²) in [4.78, 5) is 4.79. The third kappa shape index (κ3) is 5.63. The van der Waals surface area contributed by atoms with Gasteiger partial charge in [0.15, 0.2) is 5.96 Å². The molecule has 2 N–H and O–H groups in total. The normalized spacial score (nSPS) is 21.3. The van der Waals surface area contributed by atoms with Crippen molar-refractivity contribution in [2.75, 3.05) is 6.54 Å². The Kier molecular flexibility index (Phi) is 9.08. The Morgan fingerprint density at radius 1 is 1.21 bits per heavy atom. The minimum atomic E-state index is 0. The van der Waals surface area contributed by atoms with Crippen LogP contribution in [0.1, 0.15) is 62.9 Å². The summed E-state index contributed by atoms with van der Waals surface area (Å²) in [6, 6.07) is 0.562. The molecule has 1 heterocycles. The van der Waals surface area contributed by atoms with Crippen LogP contribution in [-0.2, 0) is 13.6 Å². The molecule has 0 aliphatic heterocycles. The van der Waals surface area contributed by atoms with Crippen LogP contribution in [0.4, 0.5) is 0 Å². The average Bonchev–Trinajstić information content (AvgIpc) is 2.79. The van der Waals surface area contributed by atoms with E-state index in [1.165, 1.54) is 43.4 Å². The molecule has 0 aromatic carbocycles. The quantitative estimate of drug-likeness (QED) is 0.412. The lowest BCUT2D eigenvalue weighted by atomic mass is 9.84. The van der Waals surface area contributed by atoms with Gasteiger partial charge in [-0.25, -0.2) is 4.99 Å². The van der Waals surface area contributed by atoms with Crippen LogP contribution in [0.5, 0.6) is 0 Å². The van der Waals surface area contributed by atoms with Crippen molar-refractivity contribution in [3.8, 4) is 0 Å². The number of aliphatic imine (C=N–C) groups is 1.